The lowest BCUT2D eigenvalue weighted by Crippen LogP contribution is -2.61. The zero-order chi connectivity index (χ0) is 14.2. The SMILES string of the molecule is Cn1cc(N)c(NC23CC4CC(C)(CC(C)(C4)C2)C3)n1. The molecule has 4 nitrogen and oxygen atoms in total. The van der Waals surface area contributed by atoms with Crippen LogP contribution in [0.4, 0.5) is 11.5 Å². The largest absolute Gasteiger partial charge is 0.394 e. The van der Waals surface area contributed by atoms with Gasteiger partial charge < -0.3 is 11.1 Å². The number of hydrogen-bond donors (Lipinski definition) is 2. The van der Waals surface area contributed by atoms with E-state index in [0.29, 0.717) is 10.8 Å². The lowest BCUT2D eigenvalue weighted by Gasteiger charge is -2.65. The second-order valence-electron chi connectivity index (χ2n) is 8.64. The van der Waals surface area contributed by atoms with Gasteiger partial charge in [0.25, 0.3) is 0 Å². The average molecular weight is 274 g/mol. The van der Waals surface area contributed by atoms with Crippen molar-refractivity contribution in [1.29, 1.82) is 0 Å². The first-order valence-electron chi connectivity index (χ1n) is 7.86. The van der Waals surface area contributed by atoms with Crippen LogP contribution in [-0.2, 0) is 7.05 Å². The maximum absolute atomic E-state index is 6.09. The highest BCUT2D eigenvalue weighted by molar-refractivity contribution is 5.61. The fourth-order valence-electron chi connectivity index (χ4n) is 6.44. The third-order valence-electron chi connectivity index (χ3n) is 5.87. The van der Waals surface area contributed by atoms with Crippen molar-refractivity contribution in [3.05, 3.63) is 6.20 Å². The molecule has 110 valence electrons. The topological polar surface area (TPSA) is 55.9 Å². The molecule has 4 bridgehead atoms. The molecule has 0 amide bonds. The number of nitrogens with two attached hydrogens (primary N) is 1. The first-order valence-corrected chi connectivity index (χ1v) is 7.86. The number of nitrogen functional groups attached to an aromatic ring is 1. The molecule has 1 aromatic heterocycles. The first kappa shape index (κ1) is 12.5. The Morgan fingerprint density at radius 1 is 1.20 bits per heavy atom. The predicted octanol–water partition coefficient (Wildman–Crippen LogP) is 3.16. The quantitative estimate of drug-likeness (QED) is 0.871. The Morgan fingerprint density at radius 3 is 2.35 bits per heavy atom. The summed E-state index contributed by atoms with van der Waals surface area (Å²) in [5.41, 5.74) is 8.13. The zero-order valence-electron chi connectivity index (χ0n) is 12.9. The highest BCUT2D eigenvalue weighted by atomic mass is 15.3. The molecule has 0 aliphatic heterocycles. The molecule has 4 aliphatic rings. The van der Waals surface area contributed by atoms with Crippen LogP contribution in [0.3, 0.4) is 0 Å². The molecule has 5 rings (SSSR count). The van der Waals surface area contributed by atoms with Crippen LogP contribution in [0, 0.1) is 16.7 Å². The summed E-state index contributed by atoms with van der Waals surface area (Å²) < 4.78 is 1.81. The molecule has 4 fully saturated rings. The maximum Gasteiger partial charge on any atom is 0.171 e. The van der Waals surface area contributed by atoms with Gasteiger partial charge in [-0.1, -0.05) is 13.8 Å². The average Bonchev–Trinajstić information content (AvgIpc) is 2.50. The van der Waals surface area contributed by atoms with E-state index in [1.54, 1.807) is 0 Å². The number of aryl methyl sites for hydroxylation is 1. The van der Waals surface area contributed by atoms with E-state index in [2.05, 4.69) is 24.3 Å². The Bertz CT molecular complexity index is 543. The summed E-state index contributed by atoms with van der Waals surface area (Å²) >= 11 is 0. The lowest BCUT2D eigenvalue weighted by atomic mass is 9.43. The van der Waals surface area contributed by atoms with Gasteiger partial charge in [0.2, 0.25) is 0 Å². The number of aromatic nitrogens is 2. The molecule has 0 spiro atoms. The van der Waals surface area contributed by atoms with E-state index in [9.17, 15) is 0 Å². The normalized spacial score (nSPS) is 45.9. The van der Waals surface area contributed by atoms with Gasteiger partial charge in [0.05, 0.1) is 5.69 Å². The van der Waals surface area contributed by atoms with Gasteiger partial charge in [-0.2, -0.15) is 5.10 Å². The molecular formula is C16H26N4. The highest BCUT2D eigenvalue weighted by Crippen LogP contribution is 2.66. The highest BCUT2D eigenvalue weighted by Gasteiger charge is 2.60. The van der Waals surface area contributed by atoms with Gasteiger partial charge in [-0.05, 0) is 55.3 Å². The maximum atomic E-state index is 6.09. The molecule has 3 N–H and O–H groups in total. The van der Waals surface area contributed by atoms with Crippen LogP contribution < -0.4 is 11.1 Å². The van der Waals surface area contributed by atoms with E-state index < -0.39 is 0 Å². The molecule has 0 saturated heterocycles. The van der Waals surface area contributed by atoms with Crippen LogP contribution in [0.25, 0.3) is 0 Å². The number of nitrogens with zero attached hydrogens (tertiary/aromatic N) is 2. The molecule has 0 aromatic carbocycles. The van der Waals surface area contributed by atoms with Crippen LogP contribution in [0.1, 0.15) is 52.4 Å². The zero-order valence-corrected chi connectivity index (χ0v) is 12.9. The number of hydrogen-bond acceptors (Lipinski definition) is 3. The Labute approximate surface area is 121 Å². The fourth-order valence-corrected chi connectivity index (χ4v) is 6.44. The molecule has 4 aliphatic carbocycles. The van der Waals surface area contributed by atoms with E-state index in [-0.39, 0.29) is 5.54 Å². The van der Waals surface area contributed by atoms with Gasteiger partial charge in [0.1, 0.15) is 0 Å². The minimum atomic E-state index is 0.228. The molecular weight excluding hydrogens is 248 g/mol. The number of anilines is 2. The van der Waals surface area contributed by atoms with Crippen molar-refractivity contribution in [3.8, 4) is 0 Å². The predicted molar refractivity (Wildman–Crippen MR) is 81.4 cm³/mol. The van der Waals surface area contributed by atoms with Crippen molar-refractivity contribution in [2.24, 2.45) is 23.8 Å². The van der Waals surface area contributed by atoms with Gasteiger partial charge >= 0.3 is 0 Å². The van der Waals surface area contributed by atoms with E-state index in [4.69, 9.17) is 5.73 Å². The van der Waals surface area contributed by atoms with Crippen LogP contribution in [0.2, 0.25) is 0 Å². The molecule has 1 heterocycles. The van der Waals surface area contributed by atoms with Crippen molar-refractivity contribution in [3.63, 3.8) is 0 Å². The second-order valence-corrected chi connectivity index (χ2v) is 8.64. The van der Waals surface area contributed by atoms with Crippen LogP contribution >= 0.6 is 0 Å². The fraction of sp³-hybridized carbons (Fsp3) is 0.812. The van der Waals surface area contributed by atoms with Gasteiger partial charge in [0.15, 0.2) is 5.82 Å². The first-order chi connectivity index (χ1) is 9.29. The Kier molecular flexibility index (Phi) is 2.21. The van der Waals surface area contributed by atoms with Crippen LogP contribution in [0.5, 0.6) is 0 Å². The Hall–Kier alpha value is -1.19. The van der Waals surface area contributed by atoms with E-state index in [1.807, 2.05) is 17.9 Å². The van der Waals surface area contributed by atoms with Crippen LogP contribution in [0.15, 0.2) is 6.20 Å². The van der Waals surface area contributed by atoms with Gasteiger partial charge in [-0.3, -0.25) is 4.68 Å². The summed E-state index contributed by atoms with van der Waals surface area (Å²) in [6.07, 6.45) is 10.00. The van der Waals surface area contributed by atoms with Gasteiger partial charge in [-0.15, -0.1) is 0 Å². The summed E-state index contributed by atoms with van der Waals surface area (Å²) in [5.74, 6) is 1.78. The van der Waals surface area contributed by atoms with Crippen molar-refractivity contribution in [1.82, 2.24) is 9.78 Å². The summed E-state index contributed by atoms with van der Waals surface area (Å²) in [7, 11) is 1.93. The Morgan fingerprint density at radius 2 is 1.85 bits per heavy atom. The third-order valence-corrected chi connectivity index (χ3v) is 5.87. The minimum Gasteiger partial charge on any atom is -0.394 e. The van der Waals surface area contributed by atoms with Crippen molar-refractivity contribution in [2.75, 3.05) is 11.1 Å². The molecule has 0 radical (unpaired) electrons. The minimum absolute atomic E-state index is 0.228. The molecule has 1 aromatic rings. The van der Waals surface area contributed by atoms with Gasteiger partial charge in [-0.25, -0.2) is 0 Å². The summed E-state index contributed by atoms with van der Waals surface area (Å²) in [4.78, 5) is 0. The smallest absolute Gasteiger partial charge is 0.171 e. The number of rotatable bonds is 2. The molecule has 20 heavy (non-hydrogen) atoms. The molecule has 2 atom stereocenters. The van der Waals surface area contributed by atoms with Crippen molar-refractivity contribution < 1.29 is 0 Å². The standard InChI is InChI=1S/C16H26N4/c1-14-4-11-5-15(2,8-14)10-16(6-11,9-14)18-13-12(17)7-20(3)19-13/h7,11H,4-6,8-10,17H2,1-3H3,(H,18,19). The molecule has 2 unspecified atom stereocenters. The molecule has 4 saturated carbocycles. The lowest BCUT2D eigenvalue weighted by molar-refractivity contribution is -0.0973. The van der Waals surface area contributed by atoms with Crippen LogP contribution in [-0.4, -0.2) is 15.3 Å². The van der Waals surface area contributed by atoms with E-state index in [1.165, 1.54) is 38.5 Å². The monoisotopic (exact) mass is 274 g/mol. The second kappa shape index (κ2) is 3.52. The molecule has 4 heteroatoms. The van der Waals surface area contributed by atoms with Crippen molar-refractivity contribution in [2.45, 2.75) is 57.9 Å². The van der Waals surface area contributed by atoms with E-state index in [0.717, 1.165) is 17.4 Å². The van der Waals surface area contributed by atoms with Crippen molar-refractivity contribution >= 4 is 11.5 Å². The Balaban J connectivity index is 1.69. The summed E-state index contributed by atoms with van der Waals surface area (Å²) in [6, 6.07) is 0. The third kappa shape index (κ3) is 1.76. The van der Waals surface area contributed by atoms with E-state index >= 15 is 0 Å². The van der Waals surface area contributed by atoms with Gasteiger partial charge in [0, 0.05) is 18.8 Å². The summed E-state index contributed by atoms with van der Waals surface area (Å²) in [6.45, 7) is 4.99. The summed E-state index contributed by atoms with van der Waals surface area (Å²) in [5, 5.41) is 8.28. The number of nitrogens with one attached hydrogen (secondary N) is 1.